The van der Waals surface area contributed by atoms with Crippen LogP contribution >= 0.6 is 0 Å². The molecular weight excluding hydrogens is 432 g/mol. The van der Waals surface area contributed by atoms with Gasteiger partial charge in [-0.1, -0.05) is 20.8 Å². The molecule has 10 nitrogen and oxygen atoms in total. The van der Waals surface area contributed by atoms with Crippen molar-refractivity contribution in [1.82, 2.24) is 24.8 Å². The number of morpholine rings is 1. The topological polar surface area (TPSA) is 114 Å². The molecule has 10 heteroatoms. The van der Waals surface area contributed by atoms with Crippen molar-refractivity contribution in [3.63, 3.8) is 0 Å². The van der Waals surface area contributed by atoms with Crippen molar-refractivity contribution in [2.24, 2.45) is 5.41 Å². The first-order valence-corrected chi connectivity index (χ1v) is 12.0. The van der Waals surface area contributed by atoms with Crippen molar-refractivity contribution < 1.29 is 9.53 Å². The average molecular weight is 467 g/mol. The maximum Gasteiger partial charge on any atom is 0.228 e. The van der Waals surface area contributed by atoms with Crippen LogP contribution in [0.1, 0.15) is 39.7 Å². The highest BCUT2D eigenvalue weighted by atomic mass is 16.5. The number of likely N-dealkylation sites (tertiary alicyclic amines) is 1. The van der Waals surface area contributed by atoms with E-state index in [2.05, 4.69) is 26.7 Å². The standard InChI is InChI=1S/C24H34N8O2/c1-23(2,3)20(33)31-8-6-24(4,15-31)32-7-5-17-18(16-13-26-21(25)27-14-16)28-22(29-19(17)32)30-9-11-34-12-10-30/h13-14H,5-12,15H2,1-4H3,(H2,25,26,27)/t24-/m0/s1. The molecule has 5 rings (SSSR count). The Hall–Kier alpha value is -3.01. The van der Waals surface area contributed by atoms with Gasteiger partial charge in [0.05, 0.1) is 24.4 Å². The van der Waals surface area contributed by atoms with Crippen LogP contribution in [-0.4, -0.2) is 82.2 Å². The third kappa shape index (κ3) is 4.04. The summed E-state index contributed by atoms with van der Waals surface area (Å²) in [7, 11) is 0. The predicted molar refractivity (Wildman–Crippen MR) is 131 cm³/mol. The number of ether oxygens (including phenoxy) is 1. The minimum Gasteiger partial charge on any atom is -0.378 e. The van der Waals surface area contributed by atoms with Gasteiger partial charge in [-0.05, 0) is 19.8 Å². The summed E-state index contributed by atoms with van der Waals surface area (Å²) in [6.45, 7) is 13.3. The number of carbonyl (C=O) groups is 1. The van der Waals surface area contributed by atoms with E-state index in [0.717, 1.165) is 61.7 Å². The average Bonchev–Trinajstić information content (AvgIpc) is 3.43. The number of rotatable bonds is 3. The number of amides is 1. The molecule has 2 saturated heterocycles. The van der Waals surface area contributed by atoms with E-state index in [1.807, 2.05) is 25.7 Å². The number of fused-ring (bicyclic) bond motifs is 1. The van der Waals surface area contributed by atoms with Crippen molar-refractivity contribution in [2.75, 3.05) is 61.5 Å². The number of carbonyl (C=O) groups excluding carboxylic acids is 1. The lowest BCUT2D eigenvalue weighted by Crippen LogP contribution is -2.50. The molecule has 2 aromatic rings. The first kappa shape index (κ1) is 22.8. The molecule has 0 radical (unpaired) electrons. The lowest BCUT2D eigenvalue weighted by molar-refractivity contribution is -0.138. The predicted octanol–water partition coefficient (Wildman–Crippen LogP) is 1.75. The van der Waals surface area contributed by atoms with Gasteiger partial charge in [0.25, 0.3) is 0 Å². The molecule has 2 fully saturated rings. The minimum atomic E-state index is -0.387. The molecule has 34 heavy (non-hydrogen) atoms. The number of hydrogen-bond acceptors (Lipinski definition) is 9. The van der Waals surface area contributed by atoms with Crippen LogP contribution < -0.4 is 15.5 Å². The molecule has 1 atom stereocenters. The van der Waals surface area contributed by atoms with Crippen LogP contribution in [-0.2, 0) is 16.0 Å². The fourth-order valence-electron chi connectivity index (χ4n) is 5.19. The van der Waals surface area contributed by atoms with Crippen molar-refractivity contribution in [1.29, 1.82) is 0 Å². The second-order valence-corrected chi connectivity index (χ2v) is 10.7. The lowest BCUT2D eigenvalue weighted by Gasteiger charge is -2.38. The molecule has 3 aliphatic rings. The van der Waals surface area contributed by atoms with E-state index in [1.54, 1.807) is 12.4 Å². The normalized spacial score (nSPS) is 22.9. The van der Waals surface area contributed by atoms with E-state index in [4.69, 9.17) is 20.4 Å². The zero-order chi connectivity index (χ0) is 24.1. The Balaban J connectivity index is 1.53. The van der Waals surface area contributed by atoms with Crippen molar-refractivity contribution in [3.8, 4) is 11.3 Å². The molecule has 0 bridgehead atoms. The Morgan fingerprint density at radius 1 is 1.09 bits per heavy atom. The summed E-state index contributed by atoms with van der Waals surface area (Å²) in [4.78, 5) is 38.0. The molecule has 0 aliphatic carbocycles. The van der Waals surface area contributed by atoms with Gasteiger partial charge in [0.2, 0.25) is 17.8 Å². The van der Waals surface area contributed by atoms with Crippen molar-refractivity contribution >= 4 is 23.6 Å². The van der Waals surface area contributed by atoms with Crippen LogP contribution in [0.5, 0.6) is 0 Å². The van der Waals surface area contributed by atoms with Crippen LogP contribution in [0.4, 0.5) is 17.7 Å². The summed E-state index contributed by atoms with van der Waals surface area (Å²) in [6.07, 6.45) is 5.21. The minimum absolute atomic E-state index is 0.183. The number of aromatic nitrogens is 4. The largest absolute Gasteiger partial charge is 0.378 e. The summed E-state index contributed by atoms with van der Waals surface area (Å²) in [5.41, 5.74) is 7.97. The Labute approximate surface area is 200 Å². The summed E-state index contributed by atoms with van der Waals surface area (Å²) in [6, 6.07) is 0. The van der Waals surface area contributed by atoms with Gasteiger partial charge in [-0.15, -0.1) is 0 Å². The molecule has 2 N–H and O–H groups in total. The second-order valence-electron chi connectivity index (χ2n) is 10.7. The van der Waals surface area contributed by atoms with E-state index >= 15 is 0 Å². The monoisotopic (exact) mass is 466 g/mol. The Morgan fingerprint density at radius 3 is 2.47 bits per heavy atom. The number of anilines is 3. The highest BCUT2D eigenvalue weighted by Gasteiger charge is 2.46. The van der Waals surface area contributed by atoms with E-state index in [0.29, 0.717) is 25.7 Å². The first-order valence-electron chi connectivity index (χ1n) is 12.0. The molecule has 5 heterocycles. The van der Waals surface area contributed by atoms with Gasteiger partial charge < -0.3 is 25.2 Å². The molecule has 1 amide bonds. The van der Waals surface area contributed by atoms with E-state index in [1.165, 1.54) is 0 Å². The molecule has 0 saturated carbocycles. The fourth-order valence-corrected chi connectivity index (χ4v) is 5.19. The van der Waals surface area contributed by atoms with E-state index < -0.39 is 0 Å². The van der Waals surface area contributed by atoms with Gasteiger partial charge in [-0.25, -0.2) is 15.0 Å². The number of nitrogens with two attached hydrogens (primary N) is 1. The third-order valence-electron chi connectivity index (χ3n) is 7.09. The summed E-state index contributed by atoms with van der Waals surface area (Å²) >= 11 is 0. The quantitative estimate of drug-likeness (QED) is 0.722. The van der Waals surface area contributed by atoms with Gasteiger partial charge >= 0.3 is 0 Å². The van der Waals surface area contributed by atoms with E-state index in [-0.39, 0.29) is 22.8 Å². The van der Waals surface area contributed by atoms with Gasteiger partial charge in [0.1, 0.15) is 5.82 Å². The summed E-state index contributed by atoms with van der Waals surface area (Å²) < 4.78 is 5.54. The molecule has 2 aromatic heterocycles. The Morgan fingerprint density at radius 2 is 1.79 bits per heavy atom. The smallest absolute Gasteiger partial charge is 0.228 e. The molecule has 0 unspecified atom stereocenters. The van der Waals surface area contributed by atoms with Crippen molar-refractivity contribution in [3.05, 3.63) is 18.0 Å². The Bertz CT molecular complexity index is 1080. The maximum atomic E-state index is 13.0. The second kappa shape index (κ2) is 8.33. The van der Waals surface area contributed by atoms with Crippen LogP contribution in [0, 0.1) is 5.41 Å². The SMILES string of the molecule is CC(C)(C)C(=O)N1CC[C@](C)(N2CCc3c(-c4cnc(N)nc4)nc(N4CCOCC4)nc32)C1. The molecule has 0 aromatic carbocycles. The molecular formula is C24H34N8O2. The van der Waals surface area contributed by atoms with Crippen LogP contribution in [0.15, 0.2) is 12.4 Å². The first-order chi connectivity index (χ1) is 16.2. The molecule has 182 valence electrons. The zero-order valence-electron chi connectivity index (χ0n) is 20.5. The zero-order valence-corrected chi connectivity index (χ0v) is 20.5. The summed E-state index contributed by atoms with van der Waals surface area (Å²) in [5, 5.41) is 0. The number of nitrogen functional groups attached to an aromatic ring is 1. The molecule has 3 aliphatic heterocycles. The third-order valence-corrected chi connectivity index (χ3v) is 7.09. The fraction of sp³-hybridized carbons (Fsp3) is 0.625. The van der Waals surface area contributed by atoms with Gasteiger partial charge in [0.15, 0.2) is 0 Å². The lowest BCUT2D eigenvalue weighted by atomic mass is 9.94. The van der Waals surface area contributed by atoms with Crippen LogP contribution in [0.3, 0.4) is 0 Å². The summed E-state index contributed by atoms with van der Waals surface area (Å²) in [5.74, 6) is 2.10. The number of nitrogens with zero attached hydrogens (tertiary/aromatic N) is 7. The van der Waals surface area contributed by atoms with E-state index in [9.17, 15) is 4.79 Å². The highest BCUT2D eigenvalue weighted by molar-refractivity contribution is 5.82. The van der Waals surface area contributed by atoms with Gasteiger partial charge in [-0.3, -0.25) is 4.79 Å². The Kier molecular flexibility index (Phi) is 5.58. The van der Waals surface area contributed by atoms with Crippen molar-refractivity contribution in [2.45, 2.75) is 46.1 Å². The van der Waals surface area contributed by atoms with Gasteiger partial charge in [0, 0.05) is 61.7 Å². The van der Waals surface area contributed by atoms with Crippen LogP contribution in [0.25, 0.3) is 11.3 Å². The van der Waals surface area contributed by atoms with Gasteiger partial charge in [-0.2, -0.15) is 4.98 Å². The highest BCUT2D eigenvalue weighted by Crippen LogP contribution is 2.42. The molecule has 0 spiro atoms. The number of hydrogen-bond donors (Lipinski definition) is 1. The van der Waals surface area contributed by atoms with Crippen LogP contribution in [0.2, 0.25) is 0 Å². The maximum absolute atomic E-state index is 13.0.